The molecule has 0 saturated heterocycles. The SMILES string of the molecule is CCn1c(SCc2nnc(-c3ccc(Cl)cc3Cl)o2)nnc1-c1ccc(NC(C)=O)cc1. The molecule has 2 heterocycles. The second-order valence-electron chi connectivity index (χ2n) is 6.72. The Hall–Kier alpha value is -2.88. The smallest absolute Gasteiger partial charge is 0.249 e. The highest BCUT2D eigenvalue weighted by molar-refractivity contribution is 7.98. The zero-order valence-electron chi connectivity index (χ0n) is 17.2. The highest BCUT2D eigenvalue weighted by Gasteiger charge is 2.16. The van der Waals surface area contributed by atoms with Gasteiger partial charge in [0.2, 0.25) is 17.7 Å². The summed E-state index contributed by atoms with van der Waals surface area (Å²) in [6.07, 6.45) is 0. The van der Waals surface area contributed by atoms with Crippen molar-refractivity contribution in [3.63, 3.8) is 0 Å². The fourth-order valence-corrected chi connectivity index (χ4v) is 4.34. The minimum absolute atomic E-state index is 0.115. The third-order valence-electron chi connectivity index (χ3n) is 4.45. The van der Waals surface area contributed by atoms with Crippen molar-refractivity contribution in [1.82, 2.24) is 25.0 Å². The Morgan fingerprint density at radius 1 is 1.09 bits per heavy atom. The summed E-state index contributed by atoms with van der Waals surface area (Å²) in [5.41, 5.74) is 2.26. The summed E-state index contributed by atoms with van der Waals surface area (Å²) in [4.78, 5) is 11.2. The van der Waals surface area contributed by atoms with Gasteiger partial charge in [0.15, 0.2) is 11.0 Å². The molecule has 2 aromatic heterocycles. The number of nitrogens with zero attached hydrogens (tertiary/aromatic N) is 5. The van der Waals surface area contributed by atoms with Crippen molar-refractivity contribution in [2.24, 2.45) is 0 Å². The second-order valence-corrected chi connectivity index (χ2v) is 8.51. The van der Waals surface area contributed by atoms with Crippen LogP contribution in [0.25, 0.3) is 22.8 Å². The van der Waals surface area contributed by atoms with E-state index in [-0.39, 0.29) is 5.91 Å². The number of carbonyl (C=O) groups excluding carboxylic acids is 1. The topological polar surface area (TPSA) is 98.7 Å². The van der Waals surface area contributed by atoms with Crippen molar-refractivity contribution in [1.29, 1.82) is 0 Å². The summed E-state index contributed by atoms with van der Waals surface area (Å²) in [5, 5.41) is 21.3. The van der Waals surface area contributed by atoms with Gasteiger partial charge in [0.1, 0.15) is 0 Å². The third-order valence-corrected chi connectivity index (χ3v) is 5.95. The molecule has 1 N–H and O–H groups in total. The first-order chi connectivity index (χ1) is 15.4. The zero-order chi connectivity index (χ0) is 22.7. The summed E-state index contributed by atoms with van der Waals surface area (Å²) >= 11 is 13.6. The lowest BCUT2D eigenvalue weighted by Crippen LogP contribution is -2.05. The minimum Gasteiger partial charge on any atom is -0.420 e. The Morgan fingerprint density at radius 3 is 2.56 bits per heavy atom. The molecular weight excluding hydrogens is 471 g/mol. The lowest BCUT2D eigenvalue weighted by atomic mass is 10.2. The Kier molecular flexibility index (Phi) is 6.78. The van der Waals surface area contributed by atoms with E-state index in [1.54, 1.807) is 18.2 Å². The molecule has 0 saturated carbocycles. The maximum Gasteiger partial charge on any atom is 0.249 e. The average Bonchev–Trinajstić information content (AvgIpc) is 3.39. The quantitative estimate of drug-likeness (QED) is 0.339. The highest BCUT2D eigenvalue weighted by atomic mass is 35.5. The van der Waals surface area contributed by atoms with Crippen molar-refractivity contribution in [2.75, 3.05) is 5.32 Å². The molecule has 4 aromatic rings. The minimum atomic E-state index is -0.115. The normalized spacial score (nSPS) is 11.0. The van der Waals surface area contributed by atoms with Gasteiger partial charge < -0.3 is 14.3 Å². The van der Waals surface area contributed by atoms with Gasteiger partial charge >= 0.3 is 0 Å². The number of amides is 1. The number of benzene rings is 2. The number of carbonyl (C=O) groups is 1. The molecule has 0 aliphatic rings. The summed E-state index contributed by atoms with van der Waals surface area (Å²) < 4.78 is 7.76. The number of hydrogen-bond acceptors (Lipinski definition) is 7. The fourth-order valence-electron chi connectivity index (χ4n) is 3.01. The van der Waals surface area contributed by atoms with Crippen LogP contribution >= 0.6 is 35.0 Å². The monoisotopic (exact) mass is 488 g/mol. The number of rotatable bonds is 7. The van der Waals surface area contributed by atoms with Gasteiger partial charge in [0.05, 0.1) is 16.3 Å². The van der Waals surface area contributed by atoms with Crippen LogP contribution < -0.4 is 5.32 Å². The standard InChI is InChI=1S/C21H18Cl2N6O2S/c1-3-29-19(13-4-7-15(8-5-13)24-12(2)30)26-28-21(29)32-11-18-25-27-20(31-18)16-9-6-14(22)10-17(16)23/h4-10H,3,11H2,1-2H3,(H,24,30). The van der Waals surface area contributed by atoms with Gasteiger partial charge in [0.25, 0.3) is 0 Å². The Labute approximate surface area is 198 Å². The maximum atomic E-state index is 11.2. The first-order valence-electron chi connectivity index (χ1n) is 9.66. The Morgan fingerprint density at radius 2 is 1.88 bits per heavy atom. The first-order valence-corrected chi connectivity index (χ1v) is 11.4. The van der Waals surface area contributed by atoms with E-state index in [9.17, 15) is 4.79 Å². The summed E-state index contributed by atoms with van der Waals surface area (Å²) in [6, 6.07) is 12.6. The lowest BCUT2D eigenvalue weighted by molar-refractivity contribution is -0.114. The van der Waals surface area contributed by atoms with Gasteiger partial charge in [-0.2, -0.15) is 0 Å². The molecule has 0 spiro atoms. The molecule has 8 nitrogen and oxygen atoms in total. The molecule has 164 valence electrons. The first kappa shape index (κ1) is 22.3. The van der Waals surface area contributed by atoms with Crippen LogP contribution in [0.1, 0.15) is 19.7 Å². The number of aromatic nitrogens is 5. The average molecular weight is 489 g/mol. The van der Waals surface area contributed by atoms with E-state index in [0.717, 1.165) is 22.2 Å². The van der Waals surface area contributed by atoms with Crippen LogP contribution in [0.15, 0.2) is 52.0 Å². The van der Waals surface area contributed by atoms with E-state index >= 15 is 0 Å². The molecule has 0 bridgehead atoms. The molecule has 0 aliphatic heterocycles. The third kappa shape index (κ3) is 4.95. The van der Waals surface area contributed by atoms with Gasteiger partial charge in [-0.15, -0.1) is 20.4 Å². The van der Waals surface area contributed by atoms with Gasteiger partial charge in [-0.3, -0.25) is 4.79 Å². The number of anilines is 1. The van der Waals surface area contributed by atoms with Crippen molar-refractivity contribution in [3.05, 3.63) is 58.4 Å². The number of thioether (sulfide) groups is 1. The molecule has 0 unspecified atom stereocenters. The van der Waals surface area contributed by atoms with Crippen molar-refractivity contribution >= 4 is 46.6 Å². The maximum absolute atomic E-state index is 11.2. The van der Waals surface area contributed by atoms with Gasteiger partial charge in [-0.25, -0.2) is 0 Å². The molecule has 2 aromatic carbocycles. The fraction of sp³-hybridized carbons (Fsp3) is 0.190. The van der Waals surface area contributed by atoms with E-state index < -0.39 is 0 Å². The number of hydrogen-bond donors (Lipinski definition) is 1. The molecule has 0 fully saturated rings. The van der Waals surface area contributed by atoms with Gasteiger partial charge in [0, 0.05) is 29.7 Å². The largest absolute Gasteiger partial charge is 0.420 e. The van der Waals surface area contributed by atoms with Crippen molar-refractivity contribution < 1.29 is 9.21 Å². The molecule has 0 aliphatic carbocycles. The second kappa shape index (κ2) is 9.72. The summed E-state index contributed by atoms with van der Waals surface area (Å²) in [6.45, 7) is 4.19. The molecule has 32 heavy (non-hydrogen) atoms. The number of nitrogens with one attached hydrogen (secondary N) is 1. The van der Waals surface area contributed by atoms with E-state index in [1.807, 2.05) is 35.8 Å². The van der Waals surface area contributed by atoms with Crippen LogP contribution in [0.4, 0.5) is 5.69 Å². The Balaban J connectivity index is 1.48. The molecule has 1 amide bonds. The van der Waals surface area contributed by atoms with E-state index in [4.69, 9.17) is 27.6 Å². The van der Waals surface area contributed by atoms with E-state index in [2.05, 4.69) is 25.7 Å². The van der Waals surface area contributed by atoms with Crippen LogP contribution in [-0.4, -0.2) is 30.9 Å². The zero-order valence-corrected chi connectivity index (χ0v) is 19.5. The molecular formula is C21H18Cl2N6O2S. The predicted octanol–water partition coefficient (Wildman–Crippen LogP) is 5.57. The van der Waals surface area contributed by atoms with Crippen LogP contribution in [0.2, 0.25) is 10.0 Å². The molecule has 4 rings (SSSR count). The van der Waals surface area contributed by atoms with E-state index in [0.29, 0.717) is 39.7 Å². The van der Waals surface area contributed by atoms with E-state index in [1.165, 1.54) is 18.7 Å². The van der Waals surface area contributed by atoms with Crippen LogP contribution in [0, 0.1) is 0 Å². The Bertz CT molecular complexity index is 1260. The summed E-state index contributed by atoms with van der Waals surface area (Å²) in [5.74, 6) is 1.83. The van der Waals surface area contributed by atoms with Crippen molar-refractivity contribution in [3.8, 4) is 22.8 Å². The molecule has 11 heteroatoms. The van der Waals surface area contributed by atoms with Crippen molar-refractivity contribution in [2.45, 2.75) is 31.3 Å². The van der Waals surface area contributed by atoms with Crippen LogP contribution in [0.3, 0.4) is 0 Å². The van der Waals surface area contributed by atoms with Crippen LogP contribution in [-0.2, 0) is 17.1 Å². The predicted molar refractivity (Wildman–Crippen MR) is 125 cm³/mol. The molecule has 0 radical (unpaired) electrons. The lowest BCUT2D eigenvalue weighted by Gasteiger charge is -2.08. The number of halogens is 2. The summed E-state index contributed by atoms with van der Waals surface area (Å²) in [7, 11) is 0. The van der Waals surface area contributed by atoms with Gasteiger partial charge in [-0.1, -0.05) is 35.0 Å². The molecule has 0 atom stereocenters. The highest BCUT2D eigenvalue weighted by Crippen LogP contribution is 2.31. The van der Waals surface area contributed by atoms with Crippen LogP contribution in [0.5, 0.6) is 0 Å². The van der Waals surface area contributed by atoms with Gasteiger partial charge in [-0.05, 0) is 49.4 Å².